The minimum Gasteiger partial charge on any atom is -0.507 e. The second-order valence-corrected chi connectivity index (χ2v) is 7.83. The zero-order chi connectivity index (χ0) is 22.7. The van der Waals surface area contributed by atoms with Crippen molar-refractivity contribution in [3.63, 3.8) is 0 Å². The number of aromatic hydroxyl groups is 1. The fraction of sp³-hybridized carbons (Fsp3) is 0.292. The van der Waals surface area contributed by atoms with Crippen LogP contribution in [0.1, 0.15) is 28.3 Å². The molecule has 166 valence electrons. The number of nitrogen functional groups attached to an aromatic ring is 1. The number of piperidine rings is 1. The number of aromatic nitrogens is 2. The van der Waals surface area contributed by atoms with Gasteiger partial charge in [-0.2, -0.15) is 0 Å². The van der Waals surface area contributed by atoms with Gasteiger partial charge in [0, 0.05) is 31.7 Å². The molecule has 0 radical (unpaired) electrons. The zero-order valence-corrected chi connectivity index (χ0v) is 18.1. The van der Waals surface area contributed by atoms with Gasteiger partial charge in [-0.15, -0.1) is 10.2 Å². The average Bonchev–Trinajstić information content (AvgIpc) is 2.84. The standard InChI is InChI=1S/C24H26N4O4/c1-31-18-11-17(15-7-9-16(10-8-15)24(30)32-2)13-28(14-18)21-12-20(26-27-23(21)25)19-5-3-4-6-22(19)29/h3-10,12,17-18,29H,11,13-14H2,1-2H3,(H2,25,27). The largest absolute Gasteiger partial charge is 0.507 e. The van der Waals surface area contributed by atoms with E-state index in [-0.39, 0.29) is 23.7 Å². The summed E-state index contributed by atoms with van der Waals surface area (Å²) in [4.78, 5) is 13.9. The third-order valence-corrected chi connectivity index (χ3v) is 5.87. The van der Waals surface area contributed by atoms with Crippen LogP contribution < -0.4 is 10.6 Å². The number of para-hydroxylation sites is 1. The highest BCUT2D eigenvalue weighted by Gasteiger charge is 2.30. The maximum atomic E-state index is 11.8. The van der Waals surface area contributed by atoms with Gasteiger partial charge in [0.25, 0.3) is 0 Å². The summed E-state index contributed by atoms with van der Waals surface area (Å²) in [5.74, 6) is 0.265. The zero-order valence-electron chi connectivity index (χ0n) is 18.1. The Morgan fingerprint density at radius 3 is 2.53 bits per heavy atom. The van der Waals surface area contributed by atoms with Gasteiger partial charge in [0.15, 0.2) is 5.82 Å². The monoisotopic (exact) mass is 434 g/mol. The summed E-state index contributed by atoms with van der Waals surface area (Å²) >= 11 is 0. The van der Waals surface area contributed by atoms with Crippen molar-refractivity contribution in [3.05, 3.63) is 65.7 Å². The van der Waals surface area contributed by atoms with E-state index in [1.165, 1.54) is 7.11 Å². The van der Waals surface area contributed by atoms with Crippen LogP contribution in [0.25, 0.3) is 11.3 Å². The lowest BCUT2D eigenvalue weighted by molar-refractivity contribution is 0.0600. The highest BCUT2D eigenvalue weighted by molar-refractivity contribution is 5.89. The predicted molar refractivity (Wildman–Crippen MR) is 122 cm³/mol. The lowest BCUT2D eigenvalue weighted by atomic mass is 9.88. The molecule has 0 spiro atoms. The number of nitrogens with zero attached hydrogens (tertiary/aromatic N) is 3. The fourth-order valence-electron chi connectivity index (χ4n) is 4.14. The van der Waals surface area contributed by atoms with Crippen LogP contribution >= 0.6 is 0 Å². The second-order valence-electron chi connectivity index (χ2n) is 7.83. The van der Waals surface area contributed by atoms with Crippen LogP contribution in [-0.2, 0) is 9.47 Å². The number of nitrogens with two attached hydrogens (primary N) is 1. The van der Waals surface area contributed by atoms with E-state index in [4.69, 9.17) is 15.2 Å². The quantitative estimate of drug-likeness (QED) is 0.589. The first-order valence-corrected chi connectivity index (χ1v) is 10.4. The first-order chi connectivity index (χ1) is 15.5. The van der Waals surface area contributed by atoms with Gasteiger partial charge in [0.2, 0.25) is 0 Å². The molecule has 2 heterocycles. The van der Waals surface area contributed by atoms with Crippen LogP contribution in [0.5, 0.6) is 5.75 Å². The second kappa shape index (κ2) is 9.23. The molecule has 3 N–H and O–H groups in total. The Hall–Kier alpha value is -3.65. The van der Waals surface area contributed by atoms with E-state index >= 15 is 0 Å². The maximum absolute atomic E-state index is 11.8. The van der Waals surface area contributed by atoms with Crippen molar-refractivity contribution < 1.29 is 19.4 Å². The summed E-state index contributed by atoms with van der Waals surface area (Å²) in [7, 11) is 3.07. The summed E-state index contributed by atoms with van der Waals surface area (Å²) in [6, 6.07) is 16.3. The smallest absolute Gasteiger partial charge is 0.337 e. The van der Waals surface area contributed by atoms with Crippen molar-refractivity contribution >= 4 is 17.5 Å². The molecule has 1 aliphatic rings. The number of ether oxygens (including phenoxy) is 2. The molecule has 0 amide bonds. The number of hydrogen-bond acceptors (Lipinski definition) is 8. The minimum absolute atomic E-state index is 0.00447. The summed E-state index contributed by atoms with van der Waals surface area (Å²) in [6.45, 7) is 1.36. The number of anilines is 2. The van der Waals surface area contributed by atoms with Crippen LogP contribution in [0.3, 0.4) is 0 Å². The fourth-order valence-corrected chi connectivity index (χ4v) is 4.14. The number of phenols is 1. The molecule has 1 aliphatic heterocycles. The van der Waals surface area contributed by atoms with E-state index in [9.17, 15) is 9.90 Å². The molecule has 8 nitrogen and oxygen atoms in total. The Balaban J connectivity index is 1.64. The topological polar surface area (TPSA) is 111 Å². The van der Waals surface area contributed by atoms with Crippen molar-refractivity contribution in [2.24, 2.45) is 0 Å². The summed E-state index contributed by atoms with van der Waals surface area (Å²) < 4.78 is 10.5. The van der Waals surface area contributed by atoms with Crippen molar-refractivity contribution in [2.75, 3.05) is 37.9 Å². The van der Waals surface area contributed by atoms with Crippen molar-refractivity contribution in [3.8, 4) is 17.0 Å². The average molecular weight is 434 g/mol. The predicted octanol–water partition coefficient (Wildman–Crippen LogP) is 3.23. The number of benzene rings is 2. The van der Waals surface area contributed by atoms with Crippen molar-refractivity contribution in [1.82, 2.24) is 10.2 Å². The molecule has 4 rings (SSSR count). The van der Waals surface area contributed by atoms with Crippen LogP contribution in [-0.4, -0.2) is 54.7 Å². The van der Waals surface area contributed by atoms with E-state index in [0.717, 1.165) is 17.7 Å². The summed E-state index contributed by atoms with van der Waals surface area (Å²) in [5.41, 5.74) is 9.71. The van der Waals surface area contributed by atoms with E-state index in [1.54, 1.807) is 37.4 Å². The molecule has 0 aliphatic carbocycles. The Kier molecular flexibility index (Phi) is 6.23. The Bertz CT molecular complexity index is 1100. The normalized spacial score (nSPS) is 18.4. The Labute approximate surface area is 186 Å². The van der Waals surface area contributed by atoms with Gasteiger partial charge in [0.1, 0.15) is 5.75 Å². The number of methoxy groups -OCH3 is 2. The molecule has 32 heavy (non-hydrogen) atoms. The van der Waals surface area contributed by atoms with Crippen molar-refractivity contribution in [2.45, 2.75) is 18.4 Å². The van der Waals surface area contributed by atoms with Crippen LogP contribution in [0.15, 0.2) is 54.6 Å². The maximum Gasteiger partial charge on any atom is 0.337 e. The summed E-state index contributed by atoms with van der Waals surface area (Å²) in [5, 5.41) is 18.5. The van der Waals surface area contributed by atoms with E-state index in [2.05, 4.69) is 15.1 Å². The first kappa shape index (κ1) is 21.6. The highest BCUT2D eigenvalue weighted by atomic mass is 16.5. The molecule has 0 saturated carbocycles. The van der Waals surface area contributed by atoms with Crippen LogP contribution in [0, 0.1) is 0 Å². The molecule has 1 saturated heterocycles. The molecule has 1 fully saturated rings. The van der Waals surface area contributed by atoms with Gasteiger partial charge in [-0.3, -0.25) is 0 Å². The van der Waals surface area contributed by atoms with Crippen LogP contribution in [0.4, 0.5) is 11.5 Å². The van der Waals surface area contributed by atoms with Gasteiger partial charge < -0.3 is 25.2 Å². The Morgan fingerprint density at radius 2 is 1.84 bits per heavy atom. The third-order valence-electron chi connectivity index (χ3n) is 5.87. The molecular weight excluding hydrogens is 408 g/mol. The molecule has 8 heteroatoms. The minimum atomic E-state index is -0.357. The van der Waals surface area contributed by atoms with E-state index in [1.807, 2.05) is 24.3 Å². The van der Waals surface area contributed by atoms with Gasteiger partial charge in [0.05, 0.1) is 30.2 Å². The van der Waals surface area contributed by atoms with Gasteiger partial charge >= 0.3 is 5.97 Å². The number of phenolic OH excluding ortho intramolecular Hbond substituents is 1. The number of esters is 1. The lowest BCUT2D eigenvalue weighted by Gasteiger charge is -2.39. The van der Waals surface area contributed by atoms with Crippen molar-refractivity contribution in [1.29, 1.82) is 0 Å². The molecular formula is C24H26N4O4. The number of carbonyl (C=O) groups is 1. The number of rotatable bonds is 5. The van der Waals surface area contributed by atoms with E-state index < -0.39 is 0 Å². The molecule has 0 bridgehead atoms. The number of hydrogen-bond donors (Lipinski definition) is 2. The third kappa shape index (κ3) is 4.36. The summed E-state index contributed by atoms with van der Waals surface area (Å²) in [6.07, 6.45) is 0.838. The van der Waals surface area contributed by atoms with E-state index in [0.29, 0.717) is 35.7 Å². The Morgan fingerprint density at radius 1 is 1.09 bits per heavy atom. The molecule has 2 aromatic carbocycles. The first-order valence-electron chi connectivity index (χ1n) is 10.4. The van der Waals surface area contributed by atoms with Gasteiger partial charge in [-0.25, -0.2) is 4.79 Å². The molecule has 2 unspecified atom stereocenters. The molecule has 2 atom stereocenters. The highest BCUT2D eigenvalue weighted by Crippen LogP contribution is 2.36. The number of carbonyl (C=O) groups excluding carboxylic acids is 1. The SMILES string of the molecule is COC(=O)c1ccc(C2CC(OC)CN(c3cc(-c4ccccc4O)nnc3N)C2)cc1. The van der Waals surface area contributed by atoms with Gasteiger partial charge in [-0.05, 0) is 42.3 Å². The van der Waals surface area contributed by atoms with Gasteiger partial charge in [-0.1, -0.05) is 24.3 Å². The van der Waals surface area contributed by atoms with Crippen LogP contribution in [0.2, 0.25) is 0 Å². The molecule has 3 aromatic rings. The lowest BCUT2D eigenvalue weighted by Crippen LogP contribution is -2.43. The molecule has 1 aromatic heterocycles.